The summed E-state index contributed by atoms with van der Waals surface area (Å²) in [4.78, 5) is 4.47. The van der Waals surface area contributed by atoms with E-state index in [9.17, 15) is 0 Å². The number of rotatable bonds is 12. The Morgan fingerprint density at radius 3 is 1.61 bits per heavy atom. The maximum absolute atomic E-state index is 3.84. The van der Waals surface area contributed by atoms with Gasteiger partial charge in [0.05, 0.1) is 0 Å². The molecule has 146 valence electrons. The van der Waals surface area contributed by atoms with Gasteiger partial charge in [-0.05, 0) is 41.8 Å². The molecule has 0 bridgehead atoms. The van der Waals surface area contributed by atoms with E-state index >= 15 is 0 Å². The van der Waals surface area contributed by atoms with E-state index in [1.165, 1.54) is 16.8 Å². The van der Waals surface area contributed by atoms with Crippen LogP contribution in [0.25, 0.3) is 0 Å². The summed E-state index contributed by atoms with van der Waals surface area (Å²) in [7, 11) is 0. The van der Waals surface area contributed by atoms with Gasteiger partial charge in [-0.3, -0.25) is 0 Å². The third-order valence-corrected chi connectivity index (χ3v) is 5.23. The van der Waals surface area contributed by atoms with Crippen molar-refractivity contribution in [2.45, 2.75) is 6.42 Å². The van der Waals surface area contributed by atoms with Crippen LogP contribution in [-0.2, 0) is 6.42 Å². The lowest BCUT2D eigenvalue weighted by Gasteiger charge is -2.23. The second-order valence-electron chi connectivity index (χ2n) is 6.58. The first kappa shape index (κ1) is 21.8. The Balaban J connectivity index is 2.14. The fraction of sp³-hybridized carbons (Fsp3) is 0.200. The molecule has 2 nitrogen and oxygen atoms in total. The van der Waals surface area contributed by atoms with E-state index < -0.39 is 0 Å². The molecule has 0 fully saturated rings. The third-order valence-electron chi connectivity index (χ3n) is 4.50. The van der Waals surface area contributed by atoms with Crippen molar-refractivity contribution in [3.63, 3.8) is 0 Å². The maximum atomic E-state index is 3.84. The van der Waals surface area contributed by atoms with Crippen molar-refractivity contribution in [2.24, 2.45) is 0 Å². The molecule has 2 rings (SSSR count). The van der Waals surface area contributed by atoms with E-state index in [1.807, 2.05) is 24.3 Å². The molecule has 0 heterocycles. The normalized spacial score (nSPS) is 10.2. The number of nitrogens with zero attached hydrogens (tertiary/aromatic N) is 2. The molecular formula is C25H29BrN2. The number of hydrogen-bond donors (Lipinski definition) is 0. The van der Waals surface area contributed by atoms with E-state index in [2.05, 4.69) is 94.5 Å². The van der Waals surface area contributed by atoms with Crippen LogP contribution in [0.5, 0.6) is 0 Å². The van der Waals surface area contributed by atoms with Gasteiger partial charge in [0, 0.05) is 42.0 Å². The van der Waals surface area contributed by atoms with Crippen LogP contribution in [0.1, 0.15) is 11.1 Å². The predicted molar refractivity (Wildman–Crippen MR) is 129 cm³/mol. The van der Waals surface area contributed by atoms with Gasteiger partial charge in [0.2, 0.25) is 0 Å². The van der Waals surface area contributed by atoms with E-state index in [0.717, 1.165) is 42.8 Å². The summed E-state index contributed by atoms with van der Waals surface area (Å²) >= 11 is 3.75. The third kappa shape index (κ3) is 6.00. The summed E-state index contributed by atoms with van der Waals surface area (Å²) in [6.07, 6.45) is 8.53. The summed E-state index contributed by atoms with van der Waals surface area (Å²) in [5.41, 5.74) is 4.89. The van der Waals surface area contributed by atoms with Gasteiger partial charge in [-0.15, -0.1) is 26.3 Å². The minimum atomic E-state index is 0.797. The van der Waals surface area contributed by atoms with Crippen LogP contribution in [0, 0.1) is 0 Å². The molecule has 3 heteroatoms. The van der Waals surface area contributed by atoms with Crippen molar-refractivity contribution in [2.75, 3.05) is 36.0 Å². The molecule has 0 saturated carbocycles. The molecule has 0 aromatic heterocycles. The number of hydrogen-bond acceptors (Lipinski definition) is 2. The van der Waals surface area contributed by atoms with Crippen molar-refractivity contribution >= 4 is 27.3 Å². The topological polar surface area (TPSA) is 6.48 Å². The number of halogens is 1. The fourth-order valence-corrected chi connectivity index (χ4v) is 3.62. The lowest BCUT2D eigenvalue weighted by atomic mass is 10.0. The zero-order valence-electron chi connectivity index (χ0n) is 16.5. The van der Waals surface area contributed by atoms with Gasteiger partial charge in [0.25, 0.3) is 0 Å². The van der Waals surface area contributed by atoms with Crippen molar-refractivity contribution in [1.29, 1.82) is 0 Å². The quantitative estimate of drug-likeness (QED) is 0.355. The molecular weight excluding hydrogens is 408 g/mol. The van der Waals surface area contributed by atoms with E-state index in [4.69, 9.17) is 0 Å². The van der Waals surface area contributed by atoms with Crippen molar-refractivity contribution in [1.82, 2.24) is 0 Å². The summed E-state index contributed by atoms with van der Waals surface area (Å²) in [6, 6.07) is 15.2. The molecule has 0 aliphatic rings. The first-order valence-corrected chi connectivity index (χ1v) is 10.2. The van der Waals surface area contributed by atoms with Crippen LogP contribution >= 0.6 is 15.9 Å². The largest absolute Gasteiger partial charge is 0.364 e. The average Bonchev–Trinajstić information content (AvgIpc) is 2.70. The summed E-state index contributed by atoms with van der Waals surface area (Å²) in [6.45, 7) is 18.6. The second-order valence-corrected chi connectivity index (χ2v) is 7.44. The van der Waals surface area contributed by atoms with E-state index in [0.29, 0.717) is 0 Å². The lowest BCUT2D eigenvalue weighted by molar-refractivity contribution is 0.953. The van der Waals surface area contributed by atoms with Gasteiger partial charge < -0.3 is 9.80 Å². The highest BCUT2D eigenvalue weighted by Crippen LogP contribution is 2.27. The number of benzene rings is 2. The number of anilines is 2. The van der Waals surface area contributed by atoms with Gasteiger partial charge in [-0.1, -0.05) is 58.4 Å². The Kier molecular flexibility index (Phi) is 8.83. The molecule has 0 N–H and O–H groups in total. The highest BCUT2D eigenvalue weighted by molar-refractivity contribution is 9.10. The van der Waals surface area contributed by atoms with Gasteiger partial charge >= 0.3 is 0 Å². The van der Waals surface area contributed by atoms with Gasteiger partial charge in [0.15, 0.2) is 0 Å². The minimum Gasteiger partial charge on any atom is -0.364 e. The Bertz CT molecular complexity index is 788. The molecule has 28 heavy (non-hydrogen) atoms. The second kappa shape index (κ2) is 11.4. The molecule has 0 aliphatic carbocycles. The first-order valence-electron chi connectivity index (χ1n) is 9.43. The smallest absolute Gasteiger partial charge is 0.0383 e. The molecule has 0 aliphatic heterocycles. The zero-order valence-corrected chi connectivity index (χ0v) is 18.1. The van der Waals surface area contributed by atoms with Crippen LogP contribution in [0.3, 0.4) is 0 Å². The Morgan fingerprint density at radius 2 is 1.14 bits per heavy atom. The van der Waals surface area contributed by atoms with E-state index in [-0.39, 0.29) is 0 Å². The molecule has 2 aromatic rings. The predicted octanol–water partition coefficient (Wildman–Crippen LogP) is 6.40. The van der Waals surface area contributed by atoms with Crippen LogP contribution in [0.4, 0.5) is 11.4 Å². The van der Waals surface area contributed by atoms with Crippen LogP contribution < -0.4 is 9.80 Å². The monoisotopic (exact) mass is 436 g/mol. The standard InChI is InChI=1S/C25H29BrN2/c1-5-15-27(16-6-2)23-12-9-21(10-13-23)19-22-11-14-24(20-25(22)26)28(17-7-3)18-8-4/h5-14,20H,1-4,15-19H2. The fourth-order valence-electron chi connectivity index (χ4n) is 3.11. The minimum absolute atomic E-state index is 0.797. The molecule has 0 amide bonds. The molecule has 0 saturated heterocycles. The molecule has 0 radical (unpaired) electrons. The molecule has 0 spiro atoms. The molecule has 2 aromatic carbocycles. The highest BCUT2D eigenvalue weighted by Gasteiger charge is 2.08. The molecule has 0 unspecified atom stereocenters. The Labute approximate surface area is 178 Å². The van der Waals surface area contributed by atoms with Crippen LogP contribution in [0.15, 0.2) is 97.6 Å². The first-order chi connectivity index (χ1) is 13.6. The van der Waals surface area contributed by atoms with E-state index in [1.54, 1.807) is 0 Å². The van der Waals surface area contributed by atoms with Crippen LogP contribution in [0.2, 0.25) is 0 Å². The SMILES string of the molecule is C=CCN(CC=C)c1ccc(Cc2ccc(N(CC=C)CC=C)cc2Br)cc1. The van der Waals surface area contributed by atoms with Gasteiger partial charge in [-0.25, -0.2) is 0 Å². The molecule has 0 atom stereocenters. The van der Waals surface area contributed by atoms with Crippen LogP contribution in [-0.4, -0.2) is 26.2 Å². The van der Waals surface area contributed by atoms with Crippen molar-refractivity contribution in [3.05, 3.63) is 109 Å². The maximum Gasteiger partial charge on any atom is 0.0383 e. The summed E-state index contributed by atoms with van der Waals surface area (Å²) < 4.78 is 1.12. The Morgan fingerprint density at radius 1 is 0.679 bits per heavy atom. The lowest BCUT2D eigenvalue weighted by Crippen LogP contribution is -2.23. The zero-order chi connectivity index (χ0) is 20.4. The summed E-state index contributed by atoms with van der Waals surface area (Å²) in [5, 5.41) is 0. The van der Waals surface area contributed by atoms with Crippen molar-refractivity contribution in [3.8, 4) is 0 Å². The summed E-state index contributed by atoms with van der Waals surface area (Å²) in [5.74, 6) is 0. The highest BCUT2D eigenvalue weighted by atomic mass is 79.9. The van der Waals surface area contributed by atoms with Crippen molar-refractivity contribution < 1.29 is 0 Å². The average molecular weight is 437 g/mol. The van der Waals surface area contributed by atoms with Gasteiger partial charge in [-0.2, -0.15) is 0 Å². The Hall–Kier alpha value is -2.52. The van der Waals surface area contributed by atoms with Gasteiger partial charge in [0.1, 0.15) is 0 Å².